The molecule has 0 fully saturated rings. The number of hydrogen-bond acceptors (Lipinski definition) is 1. The van der Waals surface area contributed by atoms with Crippen LogP contribution in [0.25, 0.3) is 11.6 Å². The fraction of sp³-hybridized carbons (Fsp3) is 0.118. The SMILES string of the molecule is CC(=O)NC1C(c2ccccc2)=Cc2cc(Cl)ccc21. The molecule has 0 aromatic heterocycles. The zero-order chi connectivity index (χ0) is 14.1. The molecule has 1 N–H and O–H groups in total. The molecule has 2 aromatic carbocycles. The molecule has 3 rings (SSSR count). The summed E-state index contributed by atoms with van der Waals surface area (Å²) in [6.45, 7) is 1.54. The minimum absolute atomic E-state index is 0.0420. The van der Waals surface area contributed by atoms with E-state index < -0.39 is 0 Å². The lowest BCUT2D eigenvalue weighted by molar-refractivity contribution is -0.119. The average molecular weight is 284 g/mol. The van der Waals surface area contributed by atoms with E-state index in [4.69, 9.17) is 11.6 Å². The monoisotopic (exact) mass is 283 g/mol. The predicted octanol–water partition coefficient (Wildman–Crippen LogP) is 4.07. The Hall–Kier alpha value is -2.06. The Balaban J connectivity index is 2.09. The molecule has 0 saturated carbocycles. The molecule has 1 atom stereocenters. The van der Waals surface area contributed by atoms with Gasteiger partial charge in [0.25, 0.3) is 0 Å². The van der Waals surface area contributed by atoms with Gasteiger partial charge in [0.05, 0.1) is 6.04 Å². The number of nitrogens with one attached hydrogen (secondary N) is 1. The van der Waals surface area contributed by atoms with Crippen LogP contribution in [0.4, 0.5) is 0 Å². The van der Waals surface area contributed by atoms with Gasteiger partial charge in [0.2, 0.25) is 5.91 Å². The van der Waals surface area contributed by atoms with E-state index in [9.17, 15) is 4.79 Å². The summed E-state index contributed by atoms with van der Waals surface area (Å²) < 4.78 is 0. The highest BCUT2D eigenvalue weighted by Crippen LogP contribution is 2.40. The van der Waals surface area contributed by atoms with Crippen LogP contribution in [0.3, 0.4) is 0 Å². The van der Waals surface area contributed by atoms with Crippen LogP contribution in [0.15, 0.2) is 48.5 Å². The lowest BCUT2D eigenvalue weighted by atomic mass is 9.98. The largest absolute Gasteiger partial charge is 0.345 e. The number of fused-ring (bicyclic) bond motifs is 1. The molecular formula is C17H14ClNO. The van der Waals surface area contributed by atoms with E-state index in [1.54, 1.807) is 0 Å². The van der Waals surface area contributed by atoms with Crippen molar-refractivity contribution in [2.24, 2.45) is 0 Å². The van der Waals surface area contributed by atoms with E-state index in [0.29, 0.717) is 5.02 Å². The summed E-state index contributed by atoms with van der Waals surface area (Å²) in [5.74, 6) is -0.0420. The Morgan fingerprint density at radius 1 is 1.15 bits per heavy atom. The second-order valence-corrected chi connectivity index (χ2v) is 5.31. The molecule has 2 aromatic rings. The van der Waals surface area contributed by atoms with Gasteiger partial charge in [-0.05, 0) is 40.5 Å². The first-order valence-corrected chi connectivity index (χ1v) is 6.86. The number of carbonyl (C=O) groups is 1. The minimum atomic E-state index is -0.109. The van der Waals surface area contributed by atoms with E-state index in [2.05, 4.69) is 11.4 Å². The van der Waals surface area contributed by atoms with Crippen molar-refractivity contribution in [2.75, 3.05) is 0 Å². The fourth-order valence-electron chi connectivity index (χ4n) is 2.59. The van der Waals surface area contributed by atoms with Crippen LogP contribution in [0.2, 0.25) is 5.02 Å². The van der Waals surface area contributed by atoms with Crippen LogP contribution in [0, 0.1) is 0 Å². The highest BCUT2D eigenvalue weighted by atomic mass is 35.5. The first-order valence-electron chi connectivity index (χ1n) is 6.49. The number of hydrogen-bond donors (Lipinski definition) is 1. The molecule has 20 heavy (non-hydrogen) atoms. The Bertz CT molecular complexity index is 691. The summed E-state index contributed by atoms with van der Waals surface area (Å²) in [6, 6.07) is 15.7. The molecule has 0 radical (unpaired) electrons. The molecule has 0 bridgehead atoms. The maximum Gasteiger partial charge on any atom is 0.217 e. The van der Waals surface area contributed by atoms with Gasteiger partial charge >= 0.3 is 0 Å². The minimum Gasteiger partial charge on any atom is -0.345 e. The predicted molar refractivity (Wildman–Crippen MR) is 82.3 cm³/mol. The quantitative estimate of drug-likeness (QED) is 0.884. The van der Waals surface area contributed by atoms with Crippen LogP contribution in [0.1, 0.15) is 29.7 Å². The third-order valence-electron chi connectivity index (χ3n) is 3.44. The molecular weight excluding hydrogens is 270 g/mol. The van der Waals surface area contributed by atoms with Crippen molar-refractivity contribution in [3.05, 3.63) is 70.2 Å². The summed E-state index contributed by atoms with van der Waals surface area (Å²) in [5, 5.41) is 3.72. The van der Waals surface area contributed by atoms with Gasteiger partial charge in [-0.3, -0.25) is 4.79 Å². The Labute approximate surface area is 123 Å². The van der Waals surface area contributed by atoms with Gasteiger partial charge < -0.3 is 5.32 Å². The van der Waals surface area contributed by atoms with Crippen LogP contribution in [0.5, 0.6) is 0 Å². The van der Waals surface area contributed by atoms with Crippen molar-refractivity contribution >= 4 is 29.2 Å². The smallest absolute Gasteiger partial charge is 0.217 e. The van der Waals surface area contributed by atoms with Crippen molar-refractivity contribution in [1.29, 1.82) is 0 Å². The third kappa shape index (κ3) is 2.35. The highest BCUT2D eigenvalue weighted by molar-refractivity contribution is 6.30. The van der Waals surface area contributed by atoms with Crippen LogP contribution < -0.4 is 5.32 Å². The van der Waals surface area contributed by atoms with Gasteiger partial charge in [-0.1, -0.05) is 48.0 Å². The Morgan fingerprint density at radius 3 is 2.60 bits per heavy atom. The topological polar surface area (TPSA) is 29.1 Å². The van der Waals surface area contributed by atoms with Crippen molar-refractivity contribution in [3.63, 3.8) is 0 Å². The maximum absolute atomic E-state index is 11.5. The molecule has 1 unspecified atom stereocenters. The zero-order valence-corrected chi connectivity index (χ0v) is 11.8. The lowest BCUT2D eigenvalue weighted by Gasteiger charge is -2.18. The van der Waals surface area contributed by atoms with Crippen molar-refractivity contribution < 1.29 is 4.79 Å². The number of amides is 1. The summed E-state index contributed by atoms with van der Waals surface area (Å²) in [6.07, 6.45) is 2.09. The molecule has 0 spiro atoms. The van der Waals surface area contributed by atoms with Gasteiger partial charge in [-0.2, -0.15) is 0 Å². The van der Waals surface area contributed by atoms with Gasteiger partial charge in [0, 0.05) is 11.9 Å². The maximum atomic E-state index is 11.5. The lowest BCUT2D eigenvalue weighted by Crippen LogP contribution is -2.25. The normalized spacial score (nSPS) is 16.5. The van der Waals surface area contributed by atoms with Gasteiger partial charge in [-0.25, -0.2) is 0 Å². The van der Waals surface area contributed by atoms with Gasteiger partial charge in [-0.15, -0.1) is 0 Å². The molecule has 2 nitrogen and oxygen atoms in total. The first kappa shape index (κ1) is 12.9. The molecule has 3 heteroatoms. The van der Waals surface area contributed by atoms with Crippen molar-refractivity contribution in [1.82, 2.24) is 5.32 Å². The number of rotatable bonds is 2. The zero-order valence-electron chi connectivity index (χ0n) is 11.1. The van der Waals surface area contributed by atoms with Crippen molar-refractivity contribution in [2.45, 2.75) is 13.0 Å². The van der Waals surface area contributed by atoms with Gasteiger partial charge in [0.1, 0.15) is 0 Å². The van der Waals surface area contributed by atoms with Crippen LogP contribution >= 0.6 is 11.6 Å². The third-order valence-corrected chi connectivity index (χ3v) is 3.67. The number of benzene rings is 2. The number of carbonyl (C=O) groups excluding carboxylic acids is 1. The van der Waals surface area contributed by atoms with E-state index in [1.165, 1.54) is 6.92 Å². The Morgan fingerprint density at radius 2 is 1.90 bits per heavy atom. The first-order chi connectivity index (χ1) is 9.65. The average Bonchev–Trinajstić information content (AvgIpc) is 2.77. The Kier molecular flexibility index (Phi) is 3.33. The van der Waals surface area contributed by atoms with Crippen LogP contribution in [-0.4, -0.2) is 5.91 Å². The van der Waals surface area contributed by atoms with Gasteiger partial charge in [0.15, 0.2) is 0 Å². The summed E-state index contributed by atoms with van der Waals surface area (Å²) >= 11 is 6.05. The molecule has 0 saturated heterocycles. The molecule has 1 amide bonds. The standard InChI is InChI=1S/C17H14ClNO/c1-11(20)19-17-15-8-7-14(18)9-13(15)10-16(17)12-5-3-2-4-6-12/h2-10,17H,1H3,(H,19,20). The summed E-state index contributed by atoms with van der Waals surface area (Å²) in [5.41, 5.74) is 4.36. The van der Waals surface area contributed by atoms with E-state index >= 15 is 0 Å². The molecule has 0 heterocycles. The fourth-order valence-corrected chi connectivity index (χ4v) is 2.77. The van der Waals surface area contributed by atoms with Crippen LogP contribution in [-0.2, 0) is 4.79 Å². The molecule has 0 aliphatic heterocycles. The van der Waals surface area contributed by atoms with E-state index in [-0.39, 0.29) is 11.9 Å². The second-order valence-electron chi connectivity index (χ2n) is 4.87. The molecule has 100 valence electrons. The van der Waals surface area contributed by atoms with Crippen molar-refractivity contribution in [3.8, 4) is 0 Å². The van der Waals surface area contributed by atoms with E-state index in [0.717, 1.165) is 22.3 Å². The molecule has 1 aliphatic carbocycles. The summed E-state index contributed by atoms with van der Waals surface area (Å²) in [7, 11) is 0. The highest BCUT2D eigenvalue weighted by Gasteiger charge is 2.26. The second kappa shape index (κ2) is 5.14. The molecule has 1 aliphatic rings. The summed E-state index contributed by atoms with van der Waals surface area (Å²) in [4.78, 5) is 11.5. The number of halogens is 1. The van der Waals surface area contributed by atoms with E-state index in [1.807, 2.05) is 48.5 Å².